The van der Waals surface area contributed by atoms with Gasteiger partial charge in [0.25, 0.3) is 0 Å². The summed E-state index contributed by atoms with van der Waals surface area (Å²) in [5.41, 5.74) is 2.79. The number of hydrogen-bond donors (Lipinski definition) is 0. The van der Waals surface area contributed by atoms with Crippen LogP contribution in [0, 0.1) is 0 Å². The van der Waals surface area contributed by atoms with E-state index in [1.807, 2.05) is 0 Å². The fourth-order valence-electron chi connectivity index (χ4n) is 3.34. The van der Waals surface area contributed by atoms with Crippen molar-refractivity contribution in [1.29, 1.82) is 0 Å². The minimum Gasteiger partial charge on any atom is -0.318 e. The van der Waals surface area contributed by atoms with Crippen LogP contribution in [0.3, 0.4) is 0 Å². The third-order valence-electron chi connectivity index (χ3n) is 3.90. The highest BCUT2D eigenvalue weighted by atomic mass is 28.3. The normalized spacial score (nSPS) is 30.2. The van der Waals surface area contributed by atoms with E-state index >= 15 is 0 Å². The second kappa shape index (κ2) is 3.32. The highest BCUT2D eigenvalue weighted by Crippen LogP contribution is 2.44. The topological polar surface area (TPSA) is 3.24 Å². The van der Waals surface area contributed by atoms with Gasteiger partial charge < -0.3 is 4.57 Å². The van der Waals surface area contributed by atoms with Crippen molar-refractivity contribution < 1.29 is 0 Å². The molecular weight excluding hydrogens is 198 g/mol. The molecule has 0 aromatic carbocycles. The van der Waals surface area contributed by atoms with E-state index < -0.39 is 8.24 Å². The summed E-state index contributed by atoms with van der Waals surface area (Å²) in [6, 6.07) is 0. The Balaban J connectivity index is 2.31. The first-order chi connectivity index (χ1) is 6.83. The first-order valence-corrected chi connectivity index (χ1v) is 9.01. The van der Waals surface area contributed by atoms with E-state index in [2.05, 4.69) is 56.7 Å². The van der Waals surface area contributed by atoms with Gasteiger partial charge >= 0.3 is 0 Å². The summed E-state index contributed by atoms with van der Waals surface area (Å²) in [5, 5.41) is 0. The average Bonchev–Trinajstić information content (AvgIpc) is 2.49. The van der Waals surface area contributed by atoms with E-state index in [-0.39, 0.29) is 0 Å². The maximum atomic E-state index is 2.79. The molecule has 1 atom stereocenters. The fraction of sp³-hybridized carbons (Fsp3) is 0.692. The standard InChI is InChI=1S/C13H23NSi/c1-13(2,3)14-10-9-11-7-6-8-12(11)15(14,4)5/h6-8,12H,9-10H2,1-5H3. The number of fused-ring (bicyclic) bond motifs is 1. The Labute approximate surface area is 94.9 Å². The maximum absolute atomic E-state index is 2.79. The molecule has 0 N–H and O–H groups in total. The summed E-state index contributed by atoms with van der Waals surface area (Å²) in [5.74, 6) is 0. The van der Waals surface area contributed by atoms with Crippen molar-refractivity contribution in [2.75, 3.05) is 6.54 Å². The summed E-state index contributed by atoms with van der Waals surface area (Å²) >= 11 is 0. The van der Waals surface area contributed by atoms with Crippen molar-refractivity contribution in [2.24, 2.45) is 0 Å². The van der Waals surface area contributed by atoms with Crippen LogP contribution in [0.2, 0.25) is 18.6 Å². The van der Waals surface area contributed by atoms with Gasteiger partial charge in [0, 0.05) is 11.1 Å². The van der Waals surface area contributed by atoms with Gasteiger partial charge in [-0.3, -0.25) is 0 Å². The zero-order valence-corrected chi connectivity index (χ0v) is 11.7. The highest BCUT2D eigenvalue weighted by Gasteiger charge is 2.46. The molecule has 0 bridgehead atoms. The van der Waals surface area contributed by atoms with Gasteiger partial charge in [0.05, 0.1) is 0 Å². The average molecular weight is 221 g/mol. The molecule has 0 saturated carbocycles. The first kappa shape index (κ1) is 11.2. The lowest BCUT2D eigenvalue weighted by Gasteiger charge is -2.52. The van der Waals surface area contributed by atoms with Gasteiger partial charge in [-0.1, -0.05) is 36.9 Å². The summed E-state index contributed by atoms with van der Waals surface area (Å²) in [4.78, 5) is 0. The third kappa shape index (κ3) is 1.74. The smallest absolute Gasteiger partial charge is 0.133 e. The van der Waals surface area contributed by atoms with Gasteiger partial charge in [-0.05, 0) is 33.7 Å². The molecule has 1 heterocycles. The van der Waals surface area contributed by atoms with Crippen LogP contribution in [-0.2, 0) is 0 Å². The van der Waals surface area contributed by atoms with Crippen LogP contribution in [0.25, 0.3) is 0 Å². The molecule has 1 aliphatic heterocycles. The SMILES string of the molecule is CC(C)(C)N1CCC2=CC=CC2[Si]1(C)C. The molecule has 2 heteroatoms. The molecule has 1 nitrogen and oxygen atoms in total. The van der Waals surface area contributed by atoms with E-state index in [9.17, 15) is 0 Å². The van der Waals surface area contributed by atoms with Crippen molar-refractivity contribution in [3.05, 3.63) is 23.8 Å². The molecule has 1 unspecified atom stereocenters. The lowest BCUT2D eigenvalue weighted by atomic mass is 10.1. The van der Waals surface area contributed by atoms with Crippen LogP contribution in [0.15, 0.2) is 23.8 Å². The van der Waals surface area contributed by atoms with Crippen molar-refractivity contribution in [3.8, 4) is 0 Å². The Bertz CT molecular complexity index is 320. The third-order valence-corrected chi connectivity index (χ3v) is 8.28. The Morgan fingerprint density at radius 2 is 2.00 bits per heavy atom. The number of hydrogen-bond acceptors (Lipinski definition) is 1. The van der Waals surface area contributed by atoms with E-state index in [0.29, 0.717) is 5.54 Å². The Morgan fingerprint density at radius 3 is 2.60 bits per heavy atom. The van der Waals surface area contributed by atoms with Crippen molar-refractivity contribution in [2.45, 2.75) is 51.4 Å². The van der Waals surface area contributed by atoms with Crippen molar-refractivity contribution >= 4 is 8.24 Å². The van der Waals surface area contributed by atoms with E-state index in [1.54, 1.807) is 5.57 Å². The lowest BCUT2D eigenvalue weighted by molar-refractivity contribution is 0.231. The molecular formula is C13H23NSi. The summed E-state index contributed by atoms with van der Waals surface area (Å²) in [6.07, 6.45) is 8.31. The molecule has 1 fully saturated rings. The molecule has 2 aliphatic rings. The Hall–Kier alpha value is -0.343. The number of allylic oxidation sites excluding steroid dienone is 3. The van der Waals surface area contributed by atoms with Gasteiger partial charge in [-0.15, -0.1) is 0 Å². The van der Waals surface area contributed by atoms with Gasteiger partial charge in [-0.25, -0.2) is 0 Å². The van der Waals surface area contributed by atoms with Gasteiger partial charge in [0.2, 0.25) is 0 Å². The molecule has 0 aromatic rings. The van der Waals surface area contributed by atoms with E-state index in [0.717, 1.165) is 5.54 Å². The van der Waals surface area contributed by atoms with Crippen LogP contribution in [0.4, 0.5) is 0 Å². The van der Waals surface area contributed by atoms with Crippen LogP contribution in [0.1, 0.15) is 27.2 Å². The monoisotopic (exact) mass is 221 g/mol. The number of rotatable bonds is 0. The van der Waals surface area contributed by atoms with E-state index in [4.69, 9.17) is 0 Å². The highest BCUT2D eigenvalue weighted by molar-refractivity contribution is 6.77. The van der Waals surface area contributed by atoms with Gasteiger partial charge in [-0.2, -0.15) is 0 Å². The maximum Gasteiger partial charge on any atom is 0.133 e. The Morgan fingerprint density at radius 1 is 1.33 bits per heavy atom. The van der Waals surface area contributed by atoms with E-state index in [1.165, 1.54) is 13.0 Å². The predicted octanol–water partition coefficient (Wildman–Crippen LogP) is 3.56. The van der Waals surface area contributed by atoms with Crippen LogP contribution >= 0.6 is 0 Å². The molecule has 15 heavy (non-hydrogen) atoms. The van der Waals surface area contributed by atoms with Crippen LogP contribution < -0.4 is 0 Å². The molecule has 84 valence electrons. The minimum atomic E-state index is -1.31. The molecule has 1 saturated heterocycles. The summed E-state index contributed by atoms with van der Waals surface area (Å²) < 4.78 is 2.79. The molecule has 1 aliphatic carbocycles. The van der Waals surface area contributed by atoms with Gasteiger partial charge in [0.15, 0.2) is 0 Å². The Kier molecular flexibility index (Phi) is 2.47. The zero-order valence-electron chi connectivity index (χ0n) is 10.7. The zero-order chi connectivity index (χ0) is 11.3. The summed E-state index contributed by atoms with van der Waals surface area (Å²) in [6.45, 7) is 13.4. The molecule has 0 radical (unpaired) electrons. The lowest BCUT2D eigenvalue weighted by Crippen LogP contribution is -2.62. The minimum absolute atomic E-state index is 0.331. The van der Waals surface area contributed by atoms with Crippen molar-refractivity contribution in [1.82, 2.24) is 4.57 Å². The molecule has 0 spiro atoms. The summed E-state index contributed by atoms with van der Waals surface area (Å²) in [7, 11) is -1.31. The molecule has 0 amide bonds. The quantitative estimate of drug-likeness (QED) is 0.565. The second-order valence-corrected chi connectivity index (χ2v) is 10.8. The van der Waals surface area contributed by atoms with Crippen LogP contribution in [0.5, 0.6) is 0 Å². The fourth-order valence-corrected chi connectivity index (χ4v) is 7.83. The number of nitrogens with zero attached hydrogens (tertiary/aromatic N) is 1. The molecule has 2 rings (SSSR count). The van der Waals surface area contributed by atoms with Gasteiger partial charge in [0.1, 0.15) is 8.24 Å². The van der Waals surface area contributed by atoms with Crippen molar-refractivity contribution in [3.63, 3.8) is 0 Å². The largest absolute Gasteiger partial charge is 0.318 e. The predicted molar refractivity (Wildman–Crippen MR) is 69.5 cm³/mol. The second-order valence-electron chi connectivity index (χ2n) is 6.33. The van der Waals surface area contributed by atoms with Crippen LogP contribution in [-0.4, -0.2) is 24.9 Å². The first-order valence-electron chi connectivity index (χ1n) is 5.98. The molecule has 0 aromatic heterocycles.